The maximum atomic E-state index is 11.5. The van der Waals surface area contributed by atoms with Crippen molar-refractivity contribution in [1.29, 1.82) is 0 Å². The van der Waals surface area contributed by atoms with E-state index in [1.54, 1.807) is 6.20 Å². The van der Waals surface area contributed by atoms with E-state index in [2.05, 4.69) is 20.3 Å². The summed E-state index contributed by atoms with van der Waals surface area (Å²) in [7, 11) is -4.08. The Morgan fingerprint density at radius 1 is 1.36 bits per heavy atom. The van der Waals surface area contributed by atoms with E-state index >= 15 is 0 Å². The Kier molecular flexibility index (Phi) is 6.92. The number of nitrogens with one attached hydrogen (secondary N) is 3. The Bertz CT molecular complexity index is 712. The van der Waals surface area contributed by atoms with Gasteiger partial charge in [0.25, 0.3) is 5.56 Å². The van der Waals surface area contributed by atoms with Gasteiger partial charge in [0.2, 0.25) is 0 Å². The molecule has 2 aromatic rings. The van der Waals surface area contributed by atoms with Gasteiger partial charge < -0.3 is 30.2 Å². The Labute approximate surface area is 136 Å². The number of hydrogen-bond acceptors (Lipinski definition) is 5. The predicted molar refractivity (Wildman–Crippen MR) is 86.3 cm³/mol. The number of nitrogens with zero attached hydrogens (tertiary/aromatic N) is 1. The summed E-state index contributed by atoms with van der Waals surface area (Å²) in [6.45, 7) is 0.0825. The van der Waals surface area contributed by atoms with E-state index in [-0.39, 0.29) is 41.7 Å². The SMILES string of the molecule is Br.O=c1[nH]cnc2c(CN[C@@H](CO)CCP(=O)(O)O)c[nH]c12. The van der Waals surface area contributed by atoms with Gasteiger partial charge >= 0.3 is 7.60 Å². The quantitative estimate of drug-likeness (QED) is 0.356. The lowest BCUT2D eigenvalue weighted by Gasteiger charge is -2.16. The number of aromatic amines is 2. The third kappa shape index (κ3) is 5.01. The maximum absolute atomic E-state index is 11.5. The highest BCUT2D eigenvalue weighted by molar-refractivity contribution is 8.93. The first-order chi connectivity index (χ1) is 9.90. The summed E-state index contributed by atoms with van der Waals surface area (Å²) in [6.07, 6.45) is 2.80. The molecule has 0 aliphatic rings. The molecular formula is C11H18BrN4O5P. The number of aliphatic hydroxyl groups is 1. The standard InChI is InChI=1S/C11H17N4O5P.BrH/c16-5-8(1-2-21(18,19)20)12-3-7-4-13-10-9(7)14-6-15-11(10)17;/h4,6,8,12-13,16H,1-3,5H2,(H,14,15,17)(H2,18,19,20);1H/t8-;/m1./s1. The summed E-state index contributed by atoms with van der Waals surface area (Å²) >= 11 is 0. The molecule has 0 radical (unpaired) electrons. The van der Waals surface area contributed by atoms with E-state index < -0.39 is 13.6 Å². The molecule has 1 atom stereocenters. The highest BCUT2D eigenvalue weighted by Crippen LogP contribution is 2.35. The molecule has 0 aromatic carbocycles. The minimum Gasteiger partial charge on any atom is -0.395 e. The Morgan fingerprint density at radius 3 is 2.73 bits per heavy atom. The lowest BCUT2D eigenvalue weighted by Crippen LogP contribution is -2.32. The third-order valence-electron chi connectivity index (χ3n) is 3.12. The van der Waals surface area contributed by atoms with Gasteiger partial charge in [-0.15, -0.1) is 17.0 Å². The van der Waals surface area contributed by atoms with Crippen LogP contribution in [-0.2, 0) is 11.1 Å². The molecule has 0 fully saturated rings. The van der Waals surface area contributed by atoms with Gasteiger partial charge in [-0.25, -0.2) is 4.98 Å². The van der Waals surface area contributed by atoms with Crippen LogP contribution in [0.15, 0.2) is 17.3 Å². The van der Waals surface area contributed by atoms with E-state index in [1.165, 1.54) is 6.33 Å². The van der Waals surface area contributed by atoms with Crippen molar-refractivity contribution in [2.45, 2.75) is 19.0 Å². The van der Waals surface area contributed by atoms with Gasteiger partial charge in [0.15, 0.2) is 0 Å². The summed E-state index contributed by atoms with van der Waals surface area (Å²) in [6, 6.07) is -0.440. The zero-order valence-electron chi connectivity index (χ0n) is 11.5. The summed E-state index contributed by atoms with van der Waals surface area (Å²) in [5.41, 5.74) is 1.36. The molecule has 0 saturated heterocycles. The first-order valence-electron chi connectivity index (χ1n) is 6.33. The van der Waals surface area contributed by atoms with Crippen LogP contribution < -0.4 is 10.9 Å². The summed E-state index contributed by atoms with van der Waals surface area (Å²) in [5, 5.41) is 12.2. The first kappa shape index (κ1) is 19.0. The van der Waals surface area contributed by atoms with Gasteiger partial charge in [0, 0.05) is 24.3 Å². The molecule has 0 bridgehead atoms. The summed E-state index contributed by atoms with van der Waals surface area (Å²) in [4.78, 5) is 38.5. The van der Waals surface area contributed by atoms with E-state index in [4.69, 9.17) is 9.79 Å². The van der Waals surface area contributed by atoms with E-state index in [9.17, 15) is 14.5 Å². The fourth-order valence-electron chi connectivity index (χ4n) is 1.98. The van der Waals surface area contributed by atoms with Gasteiger partial charge in [-0.1, -0.05) is 0 Å². The van der Waals surface area contributed by atoms with Crippen LogP contribution in [-0.4, -0.2) is 48.7 Å². The highest BCUT2D eigenvalue weighted by atomic mass is 79.9. The number of halogens is 1. The zero-order valence-corrected chi connectivity index (χ0v) is 14.1. The number of rotatable bonds is 7. The van der Waals surface area contributed by atoms with Gasteiger partial charge in [0.05, 0.1) is 24.6 Å². The number of aromatic nitrogens is 3. The second kappa shape index (κ2) is 8.00. The van der Waals surface area contributed by atoms with E-state index in [1.807, 2.05) is 0 Å². The van der Waals surface area contributed by atoms with Gasteiger partial charge in [0.1, 0.15) is 5.52 Å². The maximum Gasteiger partial charge on any atom is 0.325 e. The van der Waals surface area contributed by atoms with Crippen molar-refractivity contribution >= 4 is 35.6 Å². The molecule has 124 valence electrons. The van der Waals surface area contributed by atoms with Crippen LogP contribution in [0, 0.1) is 0 Å². The number of H-pyrrole nitrogens is 2. The largest absolute Gasteiger partial charge is 0.395 e. The van der Waals surface area contributed by atoms with Gasteiger partial charge in [-0.2, -0.15) is 0 Å². The molecular weight excluding hydrogens is 379 g/mol. The average Bonchev–Trinajstić information content (AvgIpc) is 2.83. The summed E-state index contributed by atoms with van der Waals surface area (Å²) in [5.74, 6) is 0. The molecule has 0 aliphatic carbocycles. The minimum absolute atomic E-state index is 0. The van der Waals surface area contributed by atoms with Crippen LogP contribution in [0.1, 0.15) is 12.0 Å². The highest BCUT2D eigenvalue weighted by Gasteiger charge is 2.17. The lowest BCUT2D eigenvalue weighted by molar-refractivity contribution is 0.237. The molecule has 0 saturated carbocycles. The summed E-state index contributed by atoms with van der Waals surface area (Å²) < 4.78 is 10.8. The monoisotopic (exact) mass is 396 g/mol. The lowest BCUT2D eigenvalue weighted by atomic mass is 10.2. The molecule has 11 heteroatoms. The van der Waals surface area contributed by atoms with Crippen LogP contribution in [0.2, 0.25) is 0 Å². The van der Waals surface area contributed by atoms with Crippen molar-refractivity contribution < 1.29 is 19.5 Å². The molecule has 0 aliphatic heterocycles. The Hall–Kier alpha value is -1.03. The smallest absolute Gasteiger partial charge is 0.325 e. The minimum atomic E-state index is -4.08. The molecule has 2 aromatic heterocycles. The van der Waals surface area contributed by atoms with Crippen LogP contribution in [0.25, 0.3) is 11.0 Å². The molecule has 2 heterocycles. The molecule has 6 N–H and O–H groups in total. The Balaban J connectivity index is 0.00000242. The second-order valence-corrected chi connectivity index (χ2v) is 6.48. The van der Waals surface area contributed by atoms with Crippen LogP contribution in [0.3, 0.4) is 0 Å². The van der Waals surface area contributed by atoms with E-state index in [0.717, 1.165) is 5.56 Å². The van der Waals surface area contributed by atoms with Crippen molar-refractivity contribution in [1.82, 2.24) is 20.3 Å². The molecule has 2 rings (SSSR count). The van der Waals surface area contributed by atoms with Crippen LogP contribution in [0.4, 0.5) is 0 Å². The van der Waals surface area contributed by atoms with Crippen LogP contribution in [0.5, 0.6) is 0 Å². The van der Waals surface area contributed by atoms with Crippen molar-refractivity contribution in [3.05, 3.63) is 28.4 Å². The van der Waals surface area contributed by atoms with Crippen molar-refractivity contribution in [2.24, 2.45) is 0 Å². The Morgan fingerprint density at radius 2 is 2.09 bits per heavy atom. The number of hydrogen-bond donors (Lipinski definition) is 6. The average molecular weight is 397 g/mol. The van der Waals surface area contributed by atoms with Gasteiger partial charge in [-0.3, -0.25) is 9.36 Å². The normalized spacial score (nSPS) is 13.0. The first-order valence-corrected chi connectivity index (χ1v) is 8.13. The zero-order chi connectivity index (χ0) is 15.5. The molecule has 22 heavy (non-hydrogen) atoms. The number of fused-ring (bicyclic) bond motifs is 1. The van der Waals surface area contributed by atoms with Gasteiger partial charge in [-0.05, 0) is 6.42 Å². The number of aliphatic hydroxyl groups excluding tert-OH is 1. The van der Waals surface area contributed by atoms with Crippen molar-refractivity contribution in [3.63, 3.8) is 0 Å². The fourth-order valence-corrected chi connectivity index (χ4v) is 2.62. The van der Waals surface area contributed by atoms with E-state index in [0.29, 0.717) is 17.6 Å². The van der Waals surface area contributed by atoms with Crippen molar-refractivity contribution in [3.8, 4) is 0 Å². The second-order valence-electron chi connectivity index (χ2n) is 4.71. The fraction of sp³-hybridized carbons (Fsp3) is 0.455. The topological polar surface area (TPSA) is 151 Å². The molecule has 0 spiro atoms. The predicted octanol–water partition coefficient (Wildman–Crippen LogP) is -0.153. The third-order valence-corrected chi connectivity index (χ3v) is 3.96. The van der Waals surface area contributed by atoms with Crippen LogP contribution >= 0.6 is 24.6 Å². The van der Waals surface area contributed by atoms with Crippen molar-refractivity contribution in [2.75, 3.05) is 12.8 Å². The molecule has 9 nitrogen and oxygen atoms in total. The molecule has 0 amide bonds. The molecule has 0 unspecified atom stereocenters.